The molecule has 3 N–H and O–H groups in total. The minimum absolute atomic E-state index is 0. The van der Waals surface area contributed by atoms with Crippen LogP contribution in [-0.4, -0.2) is 24.0 Å². The Kier molecular flexibility index (Phi) is 7.15. The highest BCUT2D eigenvalue weighted by Crippen LogP contribution is 2.29. The lowest BCUT2D eigenvalue weighted by atomic mass is 10.3. The molecule has 0 aliphatic carbocycles. The van der Waals surface area contributed by atoms with Crippen LogP contribution in [0, 0.1) is 6.92 Å². The van der Waals surface area contributed by atoms with Gasteiger partial charge in [0.25, 0.3) is 0 Å². The first-order valence-corrected chi connectivity index (χ1v) is 7.86. The molecule has 2 rings (SSSR count). The number of thiazole rings is 1. The van der Waals surface area contributed by atoms with Crippen LogP contribution in [0.4, 0.5) is 0 Å². The molecule has 0 aromatic carbocycles. The van der Waals surface area contributed by atoms with Gasteiger partial charge >= 0.3 is 0 Å². The number of aryl methyl sites for hydroxylation is 1. The van der Waals surface area contributed by atoms with Gasteiger partial charge in [-0.25, -0.2) is 4.98 Å². The van der Waals surface area contributed by atoms with Crippen LogP contribution < -0.4 is 11.1 Å². The van der Waals surface area contributed by atoms with Gasteiger partial charge in [-0.2, -0.15) is 0 Å². The number of halogens is 1. The van der Waals surface area contributed by atoms with E-state index in [-0.39, 0.29) is 18.3 Å². The number of nitrogens with zero attached hydrogens (tertiary/aromatic N) is 1. The SMILES string of the molecule is Cc1nc(-c2ccc(CCNC(=O)CCN)s2)cs1.Cl. The van der Waals surface area contributed by atoms with Gasteiger partial charge in [-0.3, -0.25) is 4.79 Å². The van der Waals surface area contributed by atoms with Crippen molar-refractivity contribution in [3.63, 3.8) is 0 Å². The zero-order valence-corrected chi connectivity index (χ0v) is 13.7. The molecule has 4 nitrogen and oxygen atoms in total. The maximum absolute atomic E-state index is 11.3. The maximum Gasteiger partial charge on any atom is 0.221 e. The maximum atomic E-state index is 11.3. The van der Waals surface area contributed by atoms with Crippen molar-refractivity contribution in [1.29, 1.82) is 0 Å². The van der Waals surface area contributed by atoms with E-state index in [1.807, 2.05) is 6.92 Å². The molecule has 110 valence electrons. The predicted molar refractivity (Wildman–Crippen MR) is 87.8 cm³/mol. The van der Waals surface area contributed by atoms with Gasteiger partial charge in [0.1, 0.15) is 0 Å². The monoisotopic (exact) mass is 331 g/mol. The summed E-state index contributed by atoms with van der Waals surface area (Å²) in [5, 5.41) is 6.02. The van der Waals surface area contributed by atoms with Crippen LogP contribution in [0.2, 0.25) is 0 Å². The van der Waals surface area contributed by atoms with Crippen molar-refractivity contribution in [3.05, 3.63) is 27.4 Å². The number of hydrogen-bond donors (Lipinski definition) is 2. The molecular weight excluding hydrogens is 314 g/mol. The zero-order chi connectivity index (χ0) is 13.7. The van der Waals surface area contributed by atoms with Gasteiger partial charge in [0.2, 0.25) is 5.91 Å². The number of aromatic nitrogens is 1. The number of nitrogens with one attached hydrogen (secondary N) is 1. The third kappa shape index (κ3) is 4.86. The van der Waals surface area contributed by atoms with E-state index < -0.39 is 0 Å². The van der Waals surface area contributed by atoms with E-state index in [2.05, 4.69) is 27.8 Å². The predicted octanol–water partition coefficient (Wildman–Crippen LogP) is 2.61. The van der Waals surface area contributed by atoms with Crippen molar-refractivity contribution in [2.24, 2.45) is 5.73 Å². The highest BCUT2D eigenvalue weighted by Gasteiger charge is 2.06. The summed E-state index contributed by atoms with van der Waals surface area (Å²) in [6.07, 6.45) is 1.25. The van der Waals surface area contributed by atoms with Crippen LogP contribution in [0.15, 0.2) is 17.5 Å². The fourth-order valence-electron chi connectivity index (χ4n) is 1.67. The first-order chi connectivity index (χ1) is 9.19. The second-order valence-electron chi connectivity index (χ2n) is 4.16. The Morgan fingerprint density at radius 2 is 2.25 bits per heavy atom. The lowest BCUT2D eigenvalue weighted by Crippen LogP contribution is -2.27. The van der Waals surface area contributed by atoms with E-state index >= 15 is 0 Å². The van der Waals surface area contributed by atoms with Crippen molar-refractivity contribution in [2.45, 2.75) is 19.8 Å². The number of thiophene rings is 1. The first kappa shape index (κ1) is 17.1. The Morgan fingerprint density at radius 1 is 1.45 bits per heavy atom. The van der Waals surface area contributed by atoms with Crippen LogP contribution in [-0.2, 0) is 11.2 Å². The highest BCUT2D eigenvalue weighted by atomic mass is 35.5. The normalized spacial score (nSPS) is 10.1. The lowest BCUT2D eigenvalue weighted by Gasteiger charge is -2.02. The summed E-state index contributed by atoms with van der Waals surface area (Å²) in [5.74, 6) is 0.0226. The van der Waals surface area contributed by atoms with E-state index in [1.54, 1.807) is 22.7 Å². The number of amides is 1. The fourth-order valence-corrected chi connectivity index (χ4v) is 3.33. The van der Waals surface area contributed by atoms with Crippen LogP contribution in [0.3, 0.4) is 0 Å². The summed E-state index contributed by atoms with van der Waals surface area (Å²) >= 11 is 3.39. The smallest absolute Gasteiger partial charge is 0.221 e. The second kappa shape index (κ2) is 8.36. The summed E-state index contributed by atoms with van der Waals surface area (Å²) in [5.41, 5.74) is 6.36. The zero-order valence-electron chi connectivity index (χ0n) is 11.2. The van der Waals surface area contributed by atoms with Crippen molar-refractivity contribution in [3.8, 4) is 10.6 Å². The minimum Gasteiger partial charge on any atom is -0.356 e. The van der Waals surface area contributed by atoms with Gasteiger partial charge in [0, 0.05) is 29.8 Å². The molecule has 2 aromatic rings. The third-order valence-corrected chi connectivity index (χ3v) is 4.54. The summed E-state index contributed by atoms with van der Waals surface area (Å²) in [6, 6.07) is 4.19. The molecule has 0 saturated heterocycles. The minimum atomic E-state index is 0. The third-order valence-electron chi connectivity index (χ3n) is 2.60. The van der Waals surface area contributed by atoms with Crippen LogP contribution in [0.1, 0.15) is 16.3 Å². The van der Waals surface area contributed by atoms with E-state index in [4.69, 9.17) is 5.73 Å². The largest absolute Gasteiger partial charge is 0.356 e. The van der Waals surface area contributed by atoms with Crippen LogP contribution in [0.5, 0.6) is 0 Å². The molecule has 0 bridgehead atoms. The lowest BCUT2D eigenvalue weighted by molar-refractivity contribution is -0.120. The number of carbonyl (C=O) groups is 1. The highest BCUT2D eigenvalue weighted by molar-refractivity contribution is 7.16. The Hall–Kier alpha value is -0.950. The molecule has 0 saturated carbocycles. The second-order valence-corrected chi connectivity index (χ2v) is 6.39. The number of rotatable bonds is 6. The Bertz CT molecular complexity index is 553. The Morgan fingerprint density at radius 3 is 2.90 bits per heavy atom. The molecule has 0 aliphatic rings. The molecule has 0 aliphatic heterocycles. The first-order valence-electron chi connectivity index (χ1n) is 6.17. The quantitative estimate of drug-likeness (QED) is 0.855. The van der Waals surface area contributed by atoms with Crippen molar-refractivity contribution >= 4 is 41.0 Å². The number of carbonyl (C=O) groups excluding carboxylic acids is 1. The van der Waals surface area contributed by atoms with Gasteiger partial charge in [-0.1, -0.05) is 0 Å². The van der Waals surface area contributed by atoms with Gasteiger partial charge in [-0.15, -0.1) is 35.1 Å². The molecule has 0 atom stereocenters. The topological polar surface area (TPSA) is 68.0 Å². The fraction of sp³-hybridized carbons (Fsp3) is 0.385. The molecule has 0 spiro atoms. The van der Waals surface area contributed by atoms with E-state index in [0.717, 1.165) is 17.1 Å². The molecule has 1 amide bonds. The van der Waals surface area contributed by atoms with Crippen molar-refractivity contribution < 1.29 is 4.79 Å². The number of nitrogens with two attached hydrogens (primary N) is 1. The average molecular weight is 332 g/mol. The molecule has 0 fully saturated rings. The van der Waals surface area contributed by atoms with Gasteiger partial charge < -0.3 is 11.1 Å². The molecule has 7 heteroatoms. The Labute approximate surface area is 132 Å². The summed E-state index contributed by atoms with van der Waals surface area (Å²) in [6.45, 7) is 3.07. The van der Waals surface area contributed by atoms with Gasteiger partial charge in [0.05, 0.1) is 15.6 Å². The number of hydrogen-bond acceptors (Lipinski definition) is 5. The van der Waals surface area contributed by atoms with Crippen LogP contribution in [0.25, 0.3) is 10.6 Å². The van der Waals surface area contributed by atoms with E-state index in [9.17, 15) is 4.79 Å². The summed E-state index contributed by atoms with van der Waals surface area (Å²) in [7, 11) is 0. The van der Waals surface area contributed by atoms with Crippen LogP contribution >= 0.6 is 35.1 Å². The summed E-state index contributed by atoms with van der Waals surface area (Å²) in [4.78, 5) is 18.2. The van der Waals surface area contributed by atoms with E-state index in [0.29, 0.717) is 19.5 Å². The van der Waals surface area contributed by atoms with Gasteiger partial charge in [-0.05, 0) is 25.5 Å². The molecule has 20 heavy (non-hydrogen) atoms. The molecule has 0 radical (unpaired) electrons. The van der Waals surface area contributed by atoms with Gasteiger partial charge in [0.15, 0.2) is 0 Å². The molecular formula is C13H18ClN3OS2. The standard InChI is InChI=1S/C13H17N3OS2.ClH/c1-9-16-11(8-18-9)12-3-2-10(19-12)5-7-15-13(17)4-6-14;/h2-3,8H,4-7,14H2,1H3,(H,15,17);1H. The van der Waals surface area contributed by atoms with Crippen molar-refractivity contribution in [2.75, 3.05) is 13.1 Å². The van der Waals surface area contributed by atoms with E-state index in [1.165, 1.54) is 9.75 Å². The Balaban J connectivity index is 0.00000200. The average Bonchev–Trinajstić information content (AvgIpc) is 2.98. The molecule has 2 heterocycles. The molecule has 0 unspecified atom stereocenters. The summed E-state index contributed by atoms with van der Waals surface area (Å²) < 4.78 is 0. The molecule has 2 aromatic heterocycles. The van der Waals surface area contributed by atoms with Crippen molar-refractivity contribution in [1.82, 2.24) is 10.3 Å².